The number of hydrogen-bond acceptors (Lipinski definition) is 3. The van der Waals surface area contributed by atoms with Crippen LogP contribution in [-0.2, 0) is 4.79 Å². The highest BCUT2D eigenvalue weighted by atomic mass is 127. The summed E-state index contributed by atoms with van der Waals surface area (Å²) in [6.45, 7) is -0.264. The Kier molecular flexibility index (Phi) is 6.56. The van der Waals surface area contributed by atoms with Crippen LogP contribution >= 0.6 is 34.2 Å². The van der Waals surface area contributed by atoms with E-state index in [1.807, 2.05) is 28.7 Å². The third kappa shape index (κ3) is 5.20. The molecule has 0 unspecified atom stereocenters. The number of halogens is 2. The van der Waals surface area contributed by atoms with Crippen molar-refractivity contribution < 1.29 is 14.4 Å². The van der Waals surface area contributed by atoms with Crippen molar-refractivity contribution in [3.8, 4) is 0 Å². The van der Waals surface area contributed by atoms with Gasteiger partial charge in [0.25, 0.3) is 17.7 Å². The number of carbonyl (C=O) groups is 3. The molecule has 2 rings (SSSR count). The van der Waals surface area contributed by atoms with Gasteiger partial charge in [0.15, 0.2) is 0 Å². The quantitative estimate of drug-likeness (QED) is 0.486. The van der Waals surface area contributed by atoms with Gasteiger partial charge in [0, 0.05) is 14.2 Å². The molecule has 0 saturated heterocycles. The van der Waals surface area contributed by atoms with Crippen molar-refractivity contribution in [2.45, 2.75) is 0 Å². The fourth-order valence-corrected chi connectivity index (χ4v) is 2.60. The zero-order valence-corrected chi connectivity index (χ0v) is 15.2. The van der Waals surface area contributed by atoms with E-state index in [9.17, 15) is 14.4 Å². The second-order valence-electron chi connectivity index (χ2n) is 4.68. The van der Waals surface area contributed by atoms with Gasteiger partial charge in [-0.25, -0.2) is 0 Å². The SMILES string of the molecule is O=C(CNC(=O)c1ccccc1I)NNC(=O)c1cccc(Cl)c1. The van der Waals surface area contributed by atoms with Crippen molar-refractivity contribution in [3.05, 3.63) is 68.3 Å². The van der Waals surface area contributed by atoms with Gasteiger partial charge in [-0.1, -0.05) is 29.8 Å². The number of nitrogens with one attached hydrogen (secondary N) is 3. The topological polar surface area (TPSA) is 87.3 Å². The van der Waals surface area contributed by atoms with E-state index in [-0.39, 0.29) is 12.5 Å². The monoisotopic (exact) mass is 457 g/mol. The third-order valence-corrected chi connectivity index (χ3v) is 4.11. The molecule has 3 N–H and O–H groups in total. The van der Waals surface area contributed by atoms with E-state index in [0.29, 0.717) is 16.1 Å². The lowest BCUT2D eigenvalue weighted by Gasteiger charge is -2.09. The number of benzene rings is 2. The van der Waals surface area contributed by atoms with Crippen LogP contribution in [0, 0.1) is 3.57 Å². The maximum Gasteiger partial charge on any atom is 0.269 e. The van der Waals surface area contributed by atoms with E-state index >= 15 is 0 Å². The van der Waals surface area contributed by atoms with Crippen LogP contribution in [0.3, 0.4) is 0 Å². The lowest BCUT2D eigenvalue weighted by molar-refractivity contribution is -0.120. The number of rotatable bonds is 4. The molecule has 0 spiro atoms. The number of carbonyl (C=O) groups excluding carboxylic acids is 3. The van der Waals surface area contributed by atoms with E-state index in [4.69, 9.17) is 11.6 Å². The number of hydrogen-bond donors (Lipinski definition) is 3. The zero-order valence-electron chi connectivity index (χ0n) is 12.3. The Morgan fingerprint density at radius 2 is 1.71 bits per heavy atom. The van der Waals surface area contributed by atoms with Crippen molar-refractivity contribution in [1.29, 1.82) is 0 Å². The van der Waals surface area contributed by atoms with E-state index < -0.39 is 11.8 Å². The van der Waals surface area contributed by atoms with E-state index in [1.54, 1.807) is 36.4 Å². The average Bonchev–Trinajstić information content (AvgIpc) is 2.58. The number of hydrazine groups is 1. The molecule has 124 valence electrons. The molecule has 2 aromatic rings. The Bertz CT molecular complexity index is 783. The van der Waals surface area contributed by atoms with Gasteiger partial charge < -0.3 is 5.32 Å². The molecule has 8 heteroatoms. The highest BCUT2D eigenvalue weighted by Crippen LogP contribution is 2.11. The Balaban J connectivity index is 1.80. The summed E-state index contributed by atoms with van der Waals surface area (Å²) in [6.07, 6.45) is 0. The second-order valence-corrected chi connectivity index (χ2v) is 6.27. The van der Waals surface area contributed by atoms with Gasteiger partial charge in [0.2, 0.25) is 0 Å². The maximum absolute atomic E-state index is 12.0. The van der Waals surface area contributed by atoms with Crippen molar-refractivity contribution in [2.75, 3.05) is 6.54 Å². The summed E-state index contributed by atoms with van der Waals surface area (Å²) in [7, 11) is 0. The minimum atomic E-state index is -0.551. The lowest BCUT2D eigenvalue weighted by Crippen LogP contribution is -2.46. The third-order valence-electron chi connectivity index (χ3n) is 2.93. The van der Waals surface area contributed by atoms with Gasteiger partial charge >= 0.3 is 0 Å². The van der Waals surface area contributed by atoms with Crippen LogP contribution in [0.5, 0.6) is 0 Å². The van der Waals surface area contributed by atoms with Crippen LogP contribution in [0.1, 0.15) is 20.7 Å². The van der Waals surface area contributed by atoms with Crippen LogP contribution in [0.4, 0.5) is 0 Å². The summed E-state index contributed by atoms with van der Waals surface area (Å²) >= 11 is 7.83. The molecule has 0 aliphatic rings. The largest absolute Gasteiger partial charge is 0.343 e. The molecule has 6 nitrogen and oxygen atoms in total. The summed E-state index contributed by atoms with van der Waals surface area (Å²) in [4.78, 5) is 35.5. The van der Waals surface area contributed by atoms with Crippen LogP contribution in [0.2, 0.25) is 5.02 Å². The van der Waals surface area contributed by atoms with Crippen LogP contribution < -0.4 is 16.2 Å². The molecule has 0 radical (unpaired) electrons. The second kappa shape index (κ2) is 8.65. The van der Waals surface area contributed by atoms with Crippen molar-refractivity contribution in [3.63, 3.8) is 0 Å². The molecule has 2 aromatic carbocycles. The first-order chi connectivity index (χ1) is 11.5. The molecule has 0 bridgehead atoms. The highest BCUT2D eigenvalue weighted by Gasteiger charge is 2.11. The van der Waals surface area contributed by atoms with Crippen molar-refractivity contribution >= 4 is 51.9 Å². The first-order valence-electron chi connectivity index (χ1n) is 6.85. The first-order valence-corrected chi connectivity index (χ1v) is 8.30. The van der Waals surface area contributed by atoms with Crippen LogP contribution in [-0.4, -0.2) is 24.3 Å². The lowest BCUT2D eigenvalue weighted by atomic mass is 10.2. The Morgan fingerprint density at radius 3 is 2.42 bits per heavy atom. The van der Waals surface area contributed by atoms with Gasteiger partial charge in [-0.3, -0.25) is 25.2 Å². The predicted molar refractivity (Wildman–Crippen MR) is 98.6 cm³/mol. The highest BCUT2D eigenvalue weighted by molar-refractivity contribution is 14.1. The molecule has 0 aliphatic heterocycles. The molecular weight excluding hydrogens is 445 g/mol. The summed E-state index contributed by atoms with van der Waals surface area (Å²) in [6, 6.07) is 13.3. The summed E-state index contributed by atoms with van der Waals surface area (Å²) in [5.74, 6) is -1.42. The van der Waals surface area contributed by atoms with Gasteiger partial charge in [0.1, 0.15) is 0 Å². The Hall–Kier alpha value is -2.13. The molecule has 0 saturated carbocycles. The molecule has 24 heavy (non-hydrogen) atoms. The fourth-order valence-electron chi connectivity index (χ4n) is 1.77. The van der Waals surface area contributed by atoms with Gasteiger partial charge in [-0.2, -0.15) is 0 Å². The molecule has 0 aromatic heterocycles. The summed E-state index contributed by atoms with van der Waals surface area (Å²) < 4.78 is 0.780. The maximum atomic E-state index is 12.0. The minimum Gasteiger partial charge on any atom is -0.343 e. The van der Waals surface area contributed by atoms with E-state index in [0.717, 1.165) is 3.57 Å². The molecule has 3 amide bonds. The first kappa shape index (κ1) is 18.2. The van der Waals surface area contributed by atoms with Crippen molar-refractivity contribution in [2.24, 2.45) is 0 Å². The number of amides is 3. The Morgan fingerprint density at radius 1 is 0.958 bits per heavy atom. The molecule has 0 heterocycles. The van der Waals surface area contributed by atoms with Crippen LogP contribution in [0.25, 0.3) is 0 Å². The standard InChI is InChI=1S/C16H13ClIN3O3/c17-11-5-3-4-10(8-11)15(23)21-20-14(22)9-19-16(24)12-6-1-2-7-13(12)18/h1-8H,9H2,(H,19,24)(H,20,22)(H,21,23). The Labute approximate surface area is 157 Å². The van der Waals surface area contributed by atoms with Gasteiger partial charge in [0.05, 0.1) is 12.1 Å². The molecular formula is C16H13ClIN3O3. The minimum absolute atomic E-state index is 0.264. The average molecular weight is 458 g/mol. The molecule has 0 aliphatic carbocycles. The summed E-state index contributed by atoms with van der Waals surface area (Å²) in [5.41, 5.74) is 5.27. The normalized spacial score (nSPS) is 9.92. The molecule has 0 atom stereocenters. The summed E-state index contributed by atoms with van der Waals surface area (Å²) in [5, 5.41) is 2.90. The van der Waals surface area contributed by atoms with Crippen LogP contribution in [0.15, 0.2) is 48.5 Å². The fraction of sp³-hybridized carbons (Fsp3) is 0.0625. The van der Waals surface area contributed by atoms with Gasteiger partial charge in [-0.05, 0) is 52.9 Å². The van der Waals surface area contributed by atoms with Gasteiger partial charge in [-0.15, -0.1) is 0 Å². The zero-order chi connectivity index (χ0) is 17.5. The smallest absolute Gasteiger partial charge is 0.269 e. The van der Waals surface area contributed by atoms with E-state index in [1.165, 1.54) is 6.07 Å². The predicted octanol–water partition coefficient (Wildman–Crippen LogP) is 2.14. The van der Waals surface area contributed by atoms with E-state index in [2.05, 4.69) is 16.2 Å². The molecule has 0 fully saturated rings. The van der Waals surface area contributed by atoms with Crippen molar-refractivity contribution in [1.82, 2.24) is 16.2 Å².